The highest BCUT2D eigenvalue weighted by Gasteiger charge is 2.41. The van der Waals surface area contributed by atoms with Gasteiger partial charge in [-0.1, -0.05) is 59.2 Å². The van der Waals surface area contributed by atoms with Crippen LogP contribution in [0.5, 0.6) is 0 Å². The molecule has 0 amide bonds. The smallest absolute Gasteiger partial charge is 0.330 e. The Hall–Kier alpha value is -8.70. The number of carbonyl (C=O) groups excluding carboxylic acids is 12. The number of hydrogen-bond donors (Lipinski definition) is 0. The van der Waals surface area contributed by atoms with E-state index in [1.807, 2.05) is 0 Å². The molecule has 74 heavy (non-hydrogen) atoms. The molecule has 24 heteroatoms. The van der Waals surface area contributed by atoms with Crippen LogP contribution in [-0.4, -0.2) is 151 Å². The molecule has 0 radical (unpaired) electrons. The summed E-state index contributed by atoms with van der Waals surface area (Å²) in [6, 6.07) is 0. The molecular formula is C50H60O24. The first-order valence-corrected chi connectivity index (χ1v) is 21.7. The summed E-state index contributed by atoms with van der Waals surface area (Å²) >= 11 is 0. The zero-order chi connectivity index (χ0) is 56.2. The lowest BCUT2D eigenvalue weighted by atomic mass is 9.91. The van der Waals surface area contributed by atoms with E-state index in [0.29, 0.717) is 0 Å². The van der Waals surface area contributed by atoms with Gasteiger partial charge in [0.05, 0.1) is 5.92 Å². The summed E-state index contributed by atoms with van der Waals surface area (Å²) in [6.07, 6.45) is 4.92. The van der Waals surface area contributed by atoms with Crippen LogP contribution in [0.25, 0.3) is 0 Å². The summed E-state index contributed by atoms with van der Waals surface area (Å²) in [5.74, 6) is -13.4. The summed E-state index contributed by atoms with van der Waals surface area (Å²) in [7, 11) is 0. The third-order valence-corrected chi connectivity index (χ3v) is 9.51. The van der Waals surface area contributed by atoms with Crippen molar-refractivity contribution in [2.24, 2.45) is 22.2 Å². The molecule has 0 saturated heterocycles. The average Bonchev–Trinajstić information content (AvgIpc) is 3.42. The molecule has 0 aliphatic carbocycles. The van der Waals surface area contributed by atoms with Gasteiger partial charge in [-0.2, -0.15) is 0 Å². The van der Waals surface area contributed by atoms with E-state index in [-0.39, 0.29) is 0 Å². The highest BCUT2D eigenvalue weighted by atomic mass is 16.6. The van der Waals surface area contributed by atoms with E-state index in [0.717, 1.165) is 54.7 Å². The van der Waals surface area contributed by atoms with Crippen molar-refractivity contribution in [3.8, 4) is 0 Å². The summed E-state index contributed by atoms with van der Waals surface area (Å²) in [5.41, 5.74) is -5.31. The van der Waals surface area contributed by atoms with Crippen molar-refractivity contribution in [3.63, 3.8) is 0 Å². The van der Waals surface area contributed by atoms with Gasteiger partial charge in [0.1, 0.15) is 95.5 Å². The van der Waals surface area contributed by atoms with Crippen molar-refractivity contribution < 1.29 is 114 Å². The molecule has 0 aromatic heterocycles. The standard InChI is InChI=1S/C50H60O24/c1-10-36(51)63-23-48(24-64-37(52)11-2,25-65-38(53)12-3)32-72-45(60)21-19-35(47(62)74-34-50(29-69-42(57)16-7,30-70-43(58)17-8)31-71-44(59)18-9)20-22-46(61)73-33-49(26-66-39(54)13-4,27-67-40(55)14-5)28-68-41(56)15-6/h10-18,35H,1-9,19-34H2. The van der Waals surface area contributed by atoms with Gasteiger partial charge < -0.3 is 56.8 Å². The summed E-state index contributed by atoms with van der Waals surface area (Å²) in [4.78, 5) is 150. The Labute approximate surface area is 426 Å². The number of carbonyl (C=O) groups is 12. The Morgan fingerprint density at radius 3 is 0.608 bits per heavy atom. The van der Waals surface area contributed by atoms with E-state index >= 15 is 0 Å². The summed E-state index contributed by atoms with van der Waals surface area (Å²) in [6.45, 7) is 21.2. The van der Waals surface area contributed by atoms with E-state index in [9.17, 15) is 57.5 Å². The van der Waals surface area contributed by atoms with Gasteiger partial charge in [-0.15, -0.1) is 0 Å². The second kappa shape index (κ2) is 35.4. The zero-order valence-electron chi connectivity index (χ0n) is 40.7. The Balaban J connectivity index is 7.12. The highest BCUT2D eigenvalue weighted by molar-refractivity contribution is 5.84. The average molecular weight is 1050 g/mol. The van der Waals surface area contributed by atoms with Gasteiger partial charge in [-0.25, -0.2) is 43.2 Å². The molecule has 0 spiro atoms. The Morgan fingerprint density at radius 1 is 0.270 bits per heavy atom. The van der Waals surface area contributed by atoms with E-state index in [2.05, 4.69) is 59.2 Å². The van der Waals surface area contributed by atoms with Crippen LogP contribution in [0.3, 0.4) is 0 Å². The Kier molecular flexibility index (Phi) is 31.2. The maximum atomic E-state index is 14.1. The second-order valence-corrected chi connectivity index (χ2v) is 15.5. The fourth-order valence-electron chi connectivity index (χ4n) is 5.22. The lowest BCUT2D eigenvalue weighted by molar-refractivity contribution is -0.169. The van der Waals surface area contributed by atoms with Gasteiger partial charge in [-0.3, -0.25) is 14.4 Å². The molecule has 0 aromatic carbocycles. The predicted molar refractivity (Wildman–Crippen MR) is 253 cm³/mol. The molecule has 0 saturated carbocycles. The molecule has 0 bridgehead atoms. The van der Waals surface area contributed by atoms with Crippen molar-refractivity contribution in [3.05, 3.63) is 114 Å². The van der Waals surface area contributed by atoms with Gasteiger partial charge in [0.25, 0.3) is 0 Å². The highest BCUT2D eigenvalue weighted by Crippen LogP contribution is 2.27. The molecule has 0 N–H and O–H groups in total. The minimum Gasteiger partial charge on any atom is -0.465 e. The molecule has 0 unspecified atom stereocenters. The third-order valence-electron chi connectivity index (χ3n) is 9.51. The van der Waals surface area contributed by atoms with Crippen LogP contribution in [0.15, 0.2) is 114 Å². The minimum atomic E-state index is -1.82. The van der Waals surface area contributed by atoms with E-state index in [4.69, 9.17) is 56.8 Å². The largest absolute Gasteiger partial charge is 0.465 e. The first kappa shape index (κ1) is 65.3. The quantitative estimate of drug-likeness (QED) is 0.0483. The number of hydrogen-bond acceptors (Lipinski definition) is 24. The number of esters is 12. The monoisotopic (exact) mass is 1040 g/mol. The Morgan fingerprint density at radius 2 is 0.432 bits per heavy atom. The van der Waals surface area contributed by atoms with Crippen LogP contribution >= 0.6 is 0 Å². The molecule has 24 nitrogen and oxygen atoms in total. The van der Waals surface area contributed by atoms with Crippen molar-refractivity contribution >= 4 is 71.6 Å². The van der Waals surface area contributed by atoms with Gasteiger partial charge >= 0.3 is 71.6 Å². The second-order valence-electron chi connectivity index (χ2n) is 15.5. The summed E-state index contributed by atoms with van der Waals surface area (Å²) < 4.78 is 62.9. The molecule has 0 atom stereocenters. The molecule has 0 rings (SSSR count). The summed E-state index contributed by atoms with van der Waals surface area (Å²) in [5, 5.41) is 0. The lowest BCUT2D eigenvalue weighted by Crippen LogP contribution is -2.44. The van der Waals surface area contributed by atoms with Crippen LogP contribution in [0, 0.1) is 22.2 Å². The zero-order valence-corrected chi connectivity index (χ0v) is 40.7. The fraction of sp³-hybridized carbons (Fsp3) is 0.400. The van der Waals surface area contributed by atoms with E-state index in [1.54, 1.807) is 0 Å². The van der Waals surface area contributed by atoms with Crippen LogP contribution in [-0.2, 0) is 114 Å². The fourth-order valence-corrected chi connectivity index (χ4v) is 5.22. The molecule has 0 fully saturated rings. The van der Waals surface area contributed by atoms with Gasteiger partial charge in [0.15, 0.2) is 0 Å². The molecule has 0 aliphatic heterocycles. The van der Waals surface area contributed by atoms with Crippen LogP contribution in [0.2, 0.25) is 0 Å². The van der Waals surface area contributed by atoms with Gasteiger partial charge in [0.2, 0.25) is 0 Å². The predicted octanol–water partition coefficient (Wildman–Crippen LogP) is 2.31. The molecule has 0 heterocycles. The van der Waals surface area contributed by atoms with Gasteiger partial charge in [0, 0.05) is 67.5 Å². The lowest BCUT2D eigenvalue weighted by Gasteiger charge is -2.32. The van der Waals surface area contributed by atoms with Gasteiger partial charge in [-0.05, 0) is 12.8 Å². The normalized spacial score (nSPS) is 10.7. The van der Waals surface area contributed by atoms with Crippen LogP contribution < -0.4 is 0 Å². The number of ether oxygens (including phenoxy) is 12. The van der Waals surface area contributed by atoms with Crippen molar-refractivity contribution in [1.82, 2.24) is 0 Å². The van der Waals surface area contributed by atoms with Crippen molar-refractivity contribution in [2.75, 3.05) is 79.3 Å². The van der Waals surface area contributed by atoms with E-state index in [1.165, 1.54) is 0 Å². The van der Waals surface area contributed by atoms with Crippen LogP contribution in [0.1, 0.15) is 25.7 Å². The van der Waals surface area contributed by atoms with Crippen molar-refractivity contribution in [1.29, 1.82) is 0 Å². The third kappa shape index (κ3) is 27.1. The molecule has 0 aromatic rings. The van der Waals surface area contributed by atoms with Crippen LogP contribution in [0.4, 0.5) is 0 Å². The Bertz CT molecular complexity index is 1850. The molecule has 0 aliphatic rings. The minimum absolute atomic E-state index is 0.480. The van der Waals surface area contributed by atoms with Crippen molar-refractivity contribution in [2.45, 2.75) is 25.7 Å². The first-order valence-electron chi connectivity index (χ1n) is 21.7. The molecular weight excluding hydrogens is 985 g/mol. The van der Waals surface area contributed by atoms with E-state index < -0.39 is 199 Å². The maximum Gasteiger partial charge on any atom is 0.330 e. The number of rotatable bonds is 40. The maximum absolute atomic E-state index is 14.1. The topological polar surface area (TPSA) is 316 Å². The first-order chi connectivity index (χ1) is 35.1. The SMILES string of the molecule is C=CC(=O)OCC(COC(=O)C=C)(COC(=O)C=C)COC(=O)CCC(CCC(=O)OCC(COC(=O)C=C)(COC(=O)C=C)COC(=O)C=C)C(=O)OCC(COC(=O)C=C)(COC(=O)C=C)COC(=O)C=C. The molecule has 404 valence electrons.